The normalized spacial score (nSPS) is 12.3. The maximum absolute atomic E-state index is 12.9. The molecule has 7 nitrogen and oxygen atoms in total. The molecule has 3 N–H and O–H groups in total. The highest BCUT2D eigenvalue weighted by Crippen LogP contribution is 2.27. The number of methoxy groups -OCH3 is 1. The molecule has 2 aromatic carbocycles. The quantitative estimate of drug-likeness (QED) is 0.491. The molecule has 0 spiro atoms. The number of hydrogen-bond acceptors (Lipinski definition) is 4. The molecule has 1 aromatic heterocycles. The molecule has 31 heavy (non-hydrogen) atoms. The maximum atomic E-state index is 12.9. The van der Waals surface area contributed by atoms with Gasteiger partial charge in [-0.3, -0.25) is 9.59 Å². The largest absolute Gasteiger partial charge is 0.379 e. The summed E-state index contributed by atoms with van der Waals surface area (Å²) in [6, 6.07) is 13.3. The van der Waals surface area contributed by atoms with Gasteiger partial charge in [0.15, 0.2) is 12.4 Å². The van der Waals surface area contributed by atoms with E-state index in [0.717, 1.165) is 21.7 Å². The molecular weight excluding hydrogens is 392 g/mol. The van der Waals surface area contributed by atoms with Crippen molar-refractivity contribution in [2.24, 2.45) is 0 Å². The smallest absolute Gasteiger partial charge is 0.279 e. The summed E-state index contributed by atoms with van der Waals surface area (Å²) < 4.78 is 5.23. The molecule has 0 fully saturated rings. The number of H-pyrrole nitrogens is 1. The Morgan fingerprint density at radius 2 is 1.97 bits per heavy atom. The SMILES string of the molecule is COCC[NH+](CC(=O)Nc1c(C)cccc1C(C)C)Cc1nc2ccccc2c(=O)[nH]1. The minimum Gasteiger partial charge on any atom is -0.379 e. The summed E-state index contributed by atoms with van der Waals surface area (Å²) >= 11 is 0. The number of fused-ring (bicyclic) bond motifs is 1. The molecule has 1 heterocycles. The van der Waals surface area contributed by atoms with E-state index in [4.69, 9.17) is 4.74 Å². The molecule has 1 unspecified atom stereocenters. The molecule has 3 aromatic rings. The Balaban J connectivity index is 1.78. The Morgan fingerprint density at radius 1 is 1.19 bits per heavy atom. The van der Waals surface area contributed by atoms with E-state index in [1.807, 2.05) is 43.3 Å². The number of amides is 1. The van der Waals surface area contributed by atoms with Crippen molar-refractivity contribution in [3.8, 4) is 0 Å². The molecule has 7 heteroatoms. The van der Waals surface area contributed by atoms with Gasteiger partial charge in [0.1, 0.15) is 13.1 Å². The fraction of sp³-hybridized carbons (Fsp3) is 0.375. The number of benzene rings is 2. The van der Waals surface area contributed by atoms with E-state index in [9.17, 15) is 9.59 Å². The number of nitrogens with one attached hydrogen (secondary N) is 3. The lowest BCUT2D eigenvalue weighted by Gasteiger charge is -2.20. The van der Waals surface area contributed by atoms with E-state index in [0.29, 0.717) is 42.3 Å². The van der Waals surface area contributed by atoms with Gasteiger partial charge in [-0.1, -0.05) is 44.2 Å². The number of rotatable bonds is 9. The van der Waals surface area contributed by atoms with Crippen LogP contribution in [0.4, 0.5) is 5.69 Å². The lowest BCUT2D eigenvalue weighted by molar-refractivity contribution is -0.906. The van der Waals surface area contributed by atoms with Crippen LogP contribution in [-0.2, 0) is 16.1 Å². The number of ether oxygens (including phenoxy) is 1. The number of hydrogen-bond donors (Lipinski definition) is 3. The highest BCUT2D eigenvalue weighted by Gasteiger charge is 2.19. The minimum absolute atomic E-state index is 0.0783. The van der Waals surface area contributed by atoms with E-state index in [1.54, 1.807) is 13.2 Å². The predicted octanol–water partition coefficient (Wildman–Crippen LogP) is 2.02. The third-order valence-corrected chi connectivity index (χ3v) is 5.34. The van der Waals surface area contributed by atoms with Gasteiger partial charge >= 0.3 is 0 Å². The molecule has 1 amide bonds. The molecule has 0 aliphatic carbocycles. The van der Waals surface area contributed by atoms with Crippen molar-refractivity contribution in [1.29, 1.82) is 0 Å². The van der Waals surface area contributed by atoms with E-state index < -0.39 is 0 Å². The van der Waals surface area contributed by atoms with Crippen LogP contribution in [0.25, 0.3) is 10.9 Å². The molecule has 164 valence electrons. The summed E-state index contributed by atoms with van der Waals surface area (Å²) in [5.41, 5.74) is 3.52. The number of aromatic amines is 1. The number of anilines is 1. The van der Waals surface area contributed by atoms with Gasteiger partial charge in [0.25, 0.3) is 11.5 Å². The number of quaternary nitrogens is 1. The van der Waals surface area contributed by atoms with Crippen molar-refractivity contribution in [1.82, 2.24) is 9.97 Å². The second kappa shape index (κ2) is 10.3. The number of para-hydroxylation sites is 2. The number of carbonyl (C=O) groups is 1. The topological polar surface area (TPSA) is 88.5 Å². The van der Waals surface area contributed by atoms with Crippen LogP contribution in [0.3, 0.4) is 0 Å². The zero-order valence-corrected chi connectivity index (χ0v) is 18.6. The molecule has 0 bridgehead atoms. The first-order valence-corrected chi connectivity index (χ1v) is 10.6. The number of aromatic nitrogens is 2. The second-order valence-electron chi connectivity index (χ2n) is 8.12. The average Bonchev–Trinajstić information content (AvgIpc) is 2.73. The second-order valence-corrected chi connectivity index (χ2v) is 8.12. The standard InChI is InChI=1S/C24H30N4O3/c1-16(2)18-10-7-8-17(3)23(18)27-22(29)15-28(12-13-31-4)14-21-25-20-11-6-5-9-19(20)24(30)26-21/h5-11,16H,12-15H2,1-4H3,(H,27,29)(H,25,26,30)/p+1. The van der Waals surface area contributed by atoms with Gasteiger partial charge in [-0.05, 0) is 36.1 Å². The summed E-state index contributed by atoms with van der Waals surface area (Å²) in [7, 11) is 1.64. The van der Waals surface area contributed by atoms with Crippen LogP contribution in [0, 0.1) is 6.92 Å². The van der Waals surface area contributed by atoms with Crippen molar-refractivity contribution < 1.29 is 14.4 Å². The Hall–Kier alpha value is -3.03. The summed E-state index contributed by atoms with van der Waals surface area (Å²) in [6.45, 7) is 8.01. The monoisotopic (exact) mass is 423 g/mol. The molecule has 0 saturated heterocycles. The first kappa shape index (κ1) is 22.7. The van der Waals surface area contributed by atoms with Crippen molar-refractivity contribution in [2.75, 3.05) is 32.1 Å². The van der Waals surface area contributed by atoms with Crippen molar-refractivity contribution in [3.63, 3.8) is 0 Å². The van der Waals surface area contributed by atoms with Crippen molar-refractivity contribution >= 4 is 22.5 Å². The Bertz CT molecular complexity index is 1110. The predicted molar refractivity (Wildman–Crippen MR) is 123 cm³/mol. The van der Waals surface area contributed by atoms with Crippen LogP contribution in [0.15, 0.2) is 47.3 Å². The highest BCUT2D eigenvalue weighted by atomic mass is 16.5. The first-order chi connectivity index (χ1) is 14.9. The molecule has 1 atom stereocenters. The van der Waals surface area contributed by atoms with Gasteiger partial charge < -0.3 is 19.9 Å². The fourth-order valence-electron chi connectivity index (χ4n) is 3.69. The van der Waals surface area contributed by atoms with Crippen LogP contribution in [0.2, 0.25) is 0 Å². The lowest BCUT2D eigenvalue weighted by Crippen LogP contribution is -3.12. The molecule has 3 rings (SSSR count). The summed E-state index contributed by atoms with van der Waals surface area (Å²) in [5.74, 6) is 0.783. The van der Waals surface area contributed by atoms with Gasteiger partial charge in [0.2, 0.25) is 0 Å². The van der Waals surface area contributed by atoms with Crippen LogP contribution in [-0.4, -0.2) is 42.7 Å². The van der Waals surface area contributed by atoms with Gasteiger partial charge in [0, 0.05) is 12.8 Å². The zero-order chi connectivity index (χ0) is 22.4. The third-order valence-electron chi connectivity index (χ3n) is 5.34. The lowest BCUT2D eigenvalue weighted by atomic mass is 9.98. The van der Waals surface area contributed by atoms with E-state index in [-0.39, 0.29) is 18.0 Å². The van der Waals surface area contributed by atoms with Crippen molar-refractivity contribution in [3.05, 3.63) is 69.8 Å². The summed E-state index contributed by atoms with van der Waals surface area (Å²) in [4.78, 5) is 33.7. The van der Waals surface area contributed by atoms with Crippen LogP contribution in [0.5, 0.6) is 0 Å². The highest BCUT2D eigenvalue weighted by molar-refractivity contribution is 5.93. The summed E-state index contributed by atoms with van der Waals surface area (Å²) in [6.07, 6.45) is 0. The molecule has 0 aliphatic heterocycles. The number of aryl methyl sites for hydroxylation is 1. The minimum atomic E-state index is -0.169. The zero-order valence-electron chi connectivity index (χ0n) is 18.6. The van der Waals surface area contributed by atoms with E-state index in [2.05, 4.69) is 29.1 Å². The Morgan fingerprint density at radius 3 is 2.71 bits per heavy atom. The third kappa shape index (κ3) is 5.77. The molecule has 0 radical (unpaired) electrons. The van der Waals surface area contributed by atoms with Gasteiger partial charge in [-0.25, -0.2) is 4.98 Å². The van der Waals surface area contributed by atoms with E-state index >= 15 is 0 Å². The van der Waals surface area contributed by atoms with Crippen molar-refractivity contribution in [2.45, 2.75) is 33.2 Å². The fourth-order valence-corrected chi connectivity index (χ4v) is 3.69. The average molecular weight is 424 g/mol. The van der Waals surface area contributed by atoms with Crippen LogP contribution in [0.1, 0.15) is 36.7 Å². The van der Waals surface area contributed by atoms with Crippen LogP contribution < -0.4 is 15.8 Å². The van der Waals surface area contributed by atoms with E-state index in [1.165, 1.54) is 0 Å². The molecule has 0 saturated carbocycles. The number of carbonyl (C=O) groups excluding carboxylic acids is 1. The number of nitrogens with zero attached hydrogens (tertiary/aromatic N) is 1. The first-order valence-electron chi connectivity index (χ1n) is 10.6. The van der Waals surface area contributed by atoms with Crippen LogP contribution >= 0.6 is 0 Å². The summed E-state index contributed by atoms with van der Waals surface area (Å²) in [5, 5.41) is 3.66. The molecule has 0 aliphatic rings. The Kier molecular flexibility index (Phi) is 7.55. The van der Waals surface area contributed by atoms with Gasteiger partial charge in [-0.2, -0.15) is 0 Å². The maximum Gasteiger partial charge on any atom is 0.279 e. The van der Waals surface area contributed by atoms with Gasteiger partial charge in [-0.15, -0.1) is 0 Å². The Labute approximate surface area is 182 Å². The molecular formula is C24H31N4O3+. The van der Waals surface area contributed by atoms with Gasteiger partial charge in [0.05, 0.1) is 17.5 Å².